The van der Waals surface area contributed by atoms with Gasteiger partial charge >= 0.3 is 5.97 Å². The van der Waals surface area contributed by atoms with Crippen molar-refractivity contribution in [3.05, 3.63) is 34.6 Å². The molecule has 1 aromatic rings. The molecule has 1 saturated heterocycles. The van der Waals surface area contributed by atoms with Gasteiger partial charge in [0.05, 0.1) is 6.54 Å². The minimum absolute atomic E-state index is 0.0231. The summed E-state index contributed by atoms with van der Waals surface area (Å²) in [6.07, 6.45) is 0. The van der Waals surface area contributed by atoms with Crippen LogP contribution in [0.1, 0.15) is 5.56 Å². The maximum absolute atomic E-state index is 12.9. The summed E-state index contributed by atoms with van der Waals surface area (Å²) in [5.74, 6) is -1.71. The maximum Gasteiger partial charge on any atom is 0.322 e. The third-order valence-corrected chi connectivity index (χ3v) is 3.31. The molecule has 19 heavy (non-hydrogen) atoms. The Morgan fingerprint density at radius 3 is 2.95 bits per heavy atom. The van der Waals surface area contributed by atoms with Gasteiger partial charge in [-0.1, -0.05) is 17.7 Å². The highest BCUT2D eigenvalue weighted by molar-refractivity contribution is 6.31. The minimum atomic E-state index is -1.02. The molecular weight excluding hydrogens is 275 g/mol. The average molecular weight is 287 g/mol. The van der Waals surface area contributed by atoms with Gasteiger partial charge in [-0.15, -0.1) is 0 Å². The molecule has 1 heterocycles. The molecule has 1 aliphatic heterocycles. The summed E-state index contributed by atoms with van der Waals surface area (Å²) >= 11 is 5.90. The monoisotopic (exact) mass is 286 g/mol. The molecule has 0 bridgehead atoms. The molecule has 1 fully saturated rings. The van der Waals surface area contributed by atoms with Crippen LogP contribution in [0, 0.1) is 5.82 Å². The summed E-state index contributed by atoms with van der Waals surface area (Å²) < 4.78 is 12.9. The van der Waals surface area contributed by atoms with Crippen LogP contribution in [-0.4, -0.2) is 41.0 Å². The summed E-state index contributed by atoms with van der Waals surface area (Å²) in [4.78, 5) is 23.9. The summed E-state index contributed by atoms with van der Waals surface area (Å²) in [6.45, 7) is 0.209. The second-order valence-electron chi connectivity index (χ2n) is 4.30. The van der Waals surface area contributed by atoms with Gasteiger partial charge in [0.1, 0.15) is 11.9 Å². The van der Waals surface area contributed by atoms with Gasteiger partial charge in [-0.05, 0) is 17.7 Å². The lowest BCUT2D eigenvalue weighted by Gasteiger charge is -2.32. The van der Waals surface area contributed by atoms with Crippen LogP contribution in [0.15, 0.2) is 18.2 Å². The Morgan fingerprint density at radius 2 is 2.32 bits per heavy atom. The number of carboxylic acids is 1. The Bertz CT molecular complexity index is 524. The molecule has 0 aromatic heterocycles. The number of nitrogens with zero attached hydrogens (tertiary/aromatic N) is 1. The molecule has 0 saturated carbocycles. The van der Waals surface area contributed by atoms with E-state index < -0.39 is 17.8 Å². The zero-order valence-corrected chi connectivity index (χ0v) is 10.7. The summed E-state index contributed by atoms with van der Waals surface area (Å²) in [5, 5.41) is 11.8. The third kappa shape index (κ3) is 3.21. The molecule has 0 spiro atoms. The fourth-order valence-electron chi connectivity index (χ4n) is 1.97. The molecule has 1 aliphatic rings. The van der Waals surface area contributed by atoms with E-state index in [0.29, 0.717) is 5.56 Å². The number of carboxylic acid groups (broad SMARTS) is 1. The van der Waals surface area contributed by atoms with Gasteiger partial charge in [-0.2, -0.15) is 0 Å². The number of hydrogen-bond donors (Lipinski definition) is 2. The zero-order chi connectivity index (χ0) is 14.0. The van der Waals surface area contributed by atoms with Crippen molar-refractivity contribution in [2.45, 2.75) is 12.6 Å². The Morgan fingerprint density at radius 1 is 1.58 bits per heavy atom. The van der Waals surface area contributed by atoms with Crippen LogP contribution >= 0.6 is 11.6 Å². The quantitative estimate of drug-likeness (QED) is 0.865. The van der Waals surface area contributed by atoms with Crippen LogP contribution < -0.4 is 5.32 Å². The lowest BCUT2D eigenvalue weighted by molar-refractivity contribution is -0.146. The van der Waals surface area contributed by atoms with Gasteiger partial charge in [0.25, 0.3) is 0 Å². The van der Waals surface area contributed by atoms with Crippen molar-refractivity contribution in [2.75, 3.05) is 13.1 Å². The van der Waals surface area contributed by atoms with Crippen LogP contribution in [0.4, 0.5) is 4.39 Å². The van der Waals surface area contributed by atoms with Crippen molar-refractivity contribution in [3.8, 4) is 0 Å². The van der Waals surface area contributed by atoms with Crippen LogP contribution in [0.3, 0.4) is 0 Å². The number of hydrogen-bond acceptors (Lipinski definition) is 3. The van der Waals surface area contributed by atoms with Gasteiger partial charge < -0.3 is 10.4 Å². The molecule has 7 heteroatoms. The summed E-state index contributed by atoms with van der Waals surface area (Å²) in [7, 11) is 0. The normalized spacial score (nSPS) is 20.1. The molecule has 102 valence electrons. The Balaban J connectivity index is 2.18. The van der Waals surface area contributed by atoms with Crippen molar-refractivity contribution >= 4 is 23.5 Å². The number of halogens is 2. The summed E-state index contributed by atoms with van der Waals surface area (Å²) in [6, 6.07) is 3.10. The van der Waals surface area contributed by atoms with E-state index in [1.165, 1.54) is 17.0 Å². The van der Waals surface area contributed by atoms with Gasteiger partial charge in [-0.3, -0.25) is 14.5 Å². The highest BCUT2D eigenvalue weighted by Crippen LogP contribution is 2.20. The van der Waals surface area contributed by atoms with E-state index in [-0.39, 0.29) is 30.6 Å². The van der Waals surface area contributed by atoms with Crippen molar-refractivity contribution in [1.82, 2.24) is 10.2 Å². The second-order valence-corrected chi connectivity index (χ2v) is 4.71. The van der Waals surface area contributed by atoms with E-state index in [1.54, 1.807) is 0 Å². The van der Waals surface area contributed by atoms with Gasteiger partial charge in [0, 0.05) is 18.1 Å². The van der Waals surface area contributed by atoms with E-state index >= 15 is 0 Å². The first-order chi connectivity index (χ1) is 8.97. The number of aliphatic carboxylic acids is 1. The third-order valence-electron chi connectivity index (χ3n) is 2.95. The smallest absolute Gasteiger partial charge is 0.322 e. The molecule has 0 radical (unpaired) electrons. The number of carbonyl (C=O) groups is 2. The number of nitrogens with one attached hydrogen (secondary N) is 1. The zero-order valence-electron chi connectivity index (χ0n) is 9.90. The topological polar surface area (TPSA) is 69.6 Å². The predicted octanol–water partition coefficient (Wildman–Crippen LogP) is 0.864. The standard InChI is InChI=1S/C12H12ClFN2O3/c13-9-3-8(14)2-1-7(9)5-16-6-11(17)15-4-10(16)12(18)19/h1-3,10H,4-6H2,(H,15,17)(H,18,19). The number of amides is 1. The molecule has 0 aliphatic carbocycles. The van der Waals surface area contributed by atoms with Crippen LogP contribution in [0.5, 0.6) is 0 Å². The predicted molar refractivity (Wildman–Crippen MR) is 66.3 cm³/mol. The molecule has 2 rings (SSSR count). The second kappa shape index (κ2) is 5.54. The highest BCUT2D eigenvalue weighted by atomic mass is 35.5. The van der Waals surface area contributed by atoms with Gasteiger partial charge in [0.2, 0.25) is 5.91 Å². The Labute approximate surface area is 114 Å². The molecule has 5 nitrogen and oxygen atoms in total. The molecule has 1 atom stereocenters. The van der Waals surface area contributed by atoms with Gasteiger partial charge in [0.15, 0.2) is 0 Å². The molecule has 1 unspecified atom stereocenters. The fourth-order valence-corrected chi connectivity index (χ4v) is 2.20. The van der Waals surface area contributed by atoms with Crippen molar-refractivity contribution in [2.24, 2.45) is 0 Å². The maximum atomic E-state index is 12.9. The number of piperazine rings is 1. The van der Waals surface area contributed by atoms with Crippen molar-refractivity contribution in [1.29, 1.82) is 0 Å². The molecular formula is C12H12ClFN2O3. The van der Waals surface area contributed by atoms with E-state index in [1.807, 2.05) is 0 Å². The van der Waals surface area contributed by atoms with Crippen molar-refractivity contribution < 1.29 is 19.1 Å². The number of carbonyl (C=O) groups excluding carboxylic acids is 1. The average Bonchev–Trinajstić information content (AvgIpc) is 2.32. The molecule has 1 aromatic carbocycles. The lowest BCUT2D eigenvalue weighted by atomic mass is 10.1. The first-order valence-electron chi connectivity index (χ1n) is 5.65. The Kier molecular flexibility index (Phi) is 4.01. The first kappa shape index (κ1) is 13.8. The van der Waals surface area contributed by atoms with Crippen LogP contribution in [-0.2, 0) is 16.1 Å². The van der Waals surface area contributed by atoms with E-state index in [4.69, 9.17) is 16.7 Å². The SMILES string of the molecule is O=C1CN(Cc2ccc(F)cc2Cl)C(C(=O)O)CN1. The van der Waals surface area contributed by atoms with E-state index in [0.717, 1.165) is 6.07 Å². The van der Waals surface area contributed by atoms with Crippen molar-refractivity contribution in [3.63, 3.8) is 0 Å². The number of benzene rings is 1. The number of rotatable bonds is 3. The Hall–Kier alpha value is -1.66. The van der Waals surface area contributed by atoms with Gasteiger partial charge in [-0.25, -0.2) is 4.39 Å². The molecule has 2 N–H and O–H groups in total. The van der Waals surface area contributed by atoms with E-state index in [2.05, 4.69) is 5.32 Å². The first-order valence-corrected chi connectivity index (χ1v) is 6.02. The highest BCUT2D eigenvalue weighted by Gasteiger charge is 2.32. The van der Waals surface area contributed by atoms with Crippen LogP contribution in [0.25, 0.3) is 0 Å². The largest absolute Gasteiger partial charge is 0.480 e. The fraction of sp³-hybridized carbons (Fsp3) is 0.333. The van der Waals surface area contributed by atoms with Crippen LogP contribution in [0.2, 0.25) is 5.02 Å². The lowest BCUT2D eigenvalue weighted by Crippen LogP contribution is -2.56. The minimum Gasteiger partial charge on any atom is -0.480 e. The van der Waals surface area contributed by atoms with E-state index in [9.17, 15) is 14.0 Å². The summed E-state index contributed by atoms with van der Waals surface area (Å²) in [5.41, 5.74) is 0.587. The molecule has 1 amide bonds.